The number of hydrogen-bond donors (Lipinski definition) is 1. The van der Waals surface area contributed by atoms with Crippen LogP contribution in [0.15, 0.2) is 24.0 Å². The second kappa shape index (κ2) is 3.55. The second-order valence-electron chi connectivity index (χ2n) is 2.39. The van der Waals surface area contributed by atoms with Crippen LogP contribution < -0.4 is 5.73 Å². The van der Waals surface area contributed by atoms with E-state index < -0.39 is 0 Å². The van der Waals surface area contributed by atoms with Gasteiger partial charge in [0.2, 0.25) is 0 Å². The van der Waals surface area contributed by atoms with Gasteiger partial charge in [-0.2, -0.15) is 0 Å². The third-order valence-corrected chi connectivity index (χ3v) is 1.71. The zero-order valence-corrected chi connectivity index (χ0v) is 6.78. The van der Waals surface area contributed by atoms with E-state index in [4.69, 9.17) is 15.2 Å². The molecule has 1 aliphatic carbocycles. The van der Waals surface area contributed by atoms with Crippen LogP contribution in [0.4, 0.5) is 0 Å². The number of rotatable bonds is 2. The molecule has 0 heterocycles. The highest BCUT2D eigenvalue weighted by atomic mass is 16.5. The topological polar surface area (TPSA) is 44.5 Å². The van der Waals surface area contributed by atoms with E-state index in [9.17, 15) is 0 Å². The van der Waals surface area contributed by atoms with Crippen LogP contribution in [0.3, 0.4) is 0 Å². The Bertz CT molecular complexity index is 187. The Morgan fingerprint density at radius 3 is 2.64 bits per heavy atom. The van der Waals surface area contributed by atoms with Crippen molar-refractivity contribution in [1.29, 1.82) is 0 Å². The van der Waals surface area contributed by atoms with E-state index in [1.165, 1.54) is 0 Å². The van der Waals surface area contributed by atoms with Gasteiger partial charge in [0.1, 0.15) is 11.9 Å². The van der Waals surface area contributed by atoms with Crippen LogP contribution in [-0.4, -0.2) is 26.4 Å². The molecule has 0 aromatic heterocycles. The summed E-state index contributed by atoms with van der Waals surface area (Å²) in [7, 11) is 3.24. The van der Waals surface area contributed by atoms with E-state index in [1.54, 1.807) is 14.2 Å². The third kappa shape index (κ3) is 1.61. The molecule has 1 aliphatic rings. The summed E-state index contributed by atoms with van der Waals surface area (Å²) in [6.45, 7) is 0. The van der Waals surface area contributed by atoms with Crippen molar-refractivity contribution in [2.75, 3.05) is 14.2 Å². The standard InChI is InChI=1S/C8H13NO2/c1-10-7-5-3-4-6(9)8(7)11-2/h3-6,8H,9H2,1-2H3. The average molecular weight is 155 g/mol. The van der Waals surface area contributed by atoms with Gasteiger partial charge in [0, 0.05) is 7.11 Å². The van der Waals surface area contributed by atoms with E-state index >= 15 is 0 Å². The Labute approximate surface area is 66.5 Å². The fraction of sp³-hybridized carbons (Fsp3) is 0.500. The van der Waals surface area contributed by atoms with Gasteiger partial charge in [-0.3, -0.25) is 0 Å². The molecule has 2 N–H and O–H groups in total. The van der Waals surface area contributed by atoms with Gasteiger partial charge in [0.15, 0.2) is 0 Å². The first-order chi connectivity index (χ1) is 5.29. The fourth-order valence-electron chi connectivity index (χ4n) is 1.12. The van der Waals surface area contributed by atoms with E-state index in [2.05, 4.69) is 0 Å². The predicted octanol–water partition coefficient (Wildman–Crippen LogP) is 0.429. The fourth-order valence-corrected chi connectivity index (χ4v) is 1.12. The average Bonchev–Trinajstić information content (AvgIpc) is 2.04. The molecule has 0 radical (unpaired) electrons. The van der Waals surface area contributed by atoms with Gasteiger partial charge < -0.3 is 15.2 Å². The lowest BCUT2D eigenvalue weighted by molar-refractivity contribution is 0.0689. The smallest absolute Gasteiger partial charge is 0.133 e. The summed E-state index contributed by atoms with van der Waals surface area (Å²) in [5.74, 6) is 0.780. The maximum atomic E-state index is 5.72. The second-order valence-corrected chi connectivity index (χ2v) is 2.39. The summed E-state index contributed by atoms with van der Waals surface area (Å²) in [4.78, 5) is 0. The maximum absolute atomic E-state index is 5.72. The van der Waals surface area contributed by atoms with Crippen molar-refractivity contribution in [1.82, 2.24) is 0 Å². The van der Waals surface area contributed by atoms with Crippen LogP contribution in [0, 0.1) is 0 Å². The highest BCUT2D eigenvalue weighted by molar-refractivity contribution is 5.22. The van der Waals surface area contributed by atoms with Crippen molar-refractivity contribution in [3.63, 3.8) is 0 Å². The summed E-state index contributed by atoms with van der Waals surface area (Å²) < 4.78 is 10.2. The molecule has 62 valence electrons. The van der Waals surface area contributed by atoms with Gasteiger partial charge in [0.25, 0.3) is 0 Å². The minimum Gasteiger partial charge on any atom is -0.498 e. The van der Waals surface area contributed by atoms with Crippen molar-refractivity contribution in [3.8, 4) is 0 Å². The Morgan fingerprint density at radius 2 is 2.18 bits per heavy atom. The van der Waals surface area contributed by atoms with E-state index in [-0.39, 0.29) is 12.1 Å². The van der Waals surface area contributed by atoms with Crippen LogP contribution in [-0.2, 0) is 9.47 Å². The molecular formula is C8H13NO2. The summed E-state index contributed by atoms with van der Waals surface area (Å²) in [5, 5.41) is 0. The lowest BCUT2D eigenvalue weighted by atomic mass is 10.1. The molecular weight excluding hydrogens is 142 g/mol. The zero-order chi connectivity index (χ0) is 8.27. The number of allylic oxidation sites excluding steroid dienone is 2. The van der Waals surface area contributed by atoms with Crippen molar-refractivity contribution >= 4 is 0 Å². The number of ether oxygens (including phenoxy) is 2. The molecule has 2 atom stereocenters. The Balaban J connectivity index is 2.73. The van der Waals surface area contributed by atoms with E-state index in [0.29, 0.717) is 0 Å². The van der Waals surface area contributed by atoms with Crippen molar-refractivity contribution in [2.45, 2.75) is 12.1 Å². The summed E-state index contributed by atoms with van der Waals surface area (Å²) in [6, 6.07) is -0.0973. The minimum absolute atomic E-state index is 0.0973. The van der Waals surface area contributed by atoms with Gasteiger partial charge in [-0.1, -0.05) is 12.2 Å². The van der Waals surface area contributed by atoms with Gasteiger partial charge in [-0.25, -0.2) is 0 Å². The number of hydrogen-bond acceptors (Lipinski definition) is 3. The Kier molecular flexibility index (Phi) is 2.68. The molecule has 0 aromatic rings. The van der Waals surface area contributed by atoms with E-state index in [1.807, 2.05) is 18.2 Å². The van der Waals surface area contributed by atoms with Crippen molar-refractivity contribution in [2.24, 2.45) is 5.73 Å². The van der Waals surface area contributed by atoms with Crippen LogP contribution >= 0.6 is 0 Å². The first kappa shape index (κ1) is 8.30. The summed E-state index contributed by atoms with van der Waals surface area (Å²) in [6.07, 6.45) is 5.48. The van der Waals surface area contributed by atoms with Gasteiger partial charge in [-0.15, -0.1) is 0 Å². The maximum Gasteiger partial charge on any atom is 0.133 e. The number of methoxy groups -OCH3 is 2. The SMILES string of the molecule is COC1=CC=CC(N)C1OC. The molecule has 0 saturated heterocycles. The molecule has 0 bridgehead atoms. The molecule has 0 amide bonds. The largest absolute Gasteiger partial charge is 0.498 e. The molecule has 2 unspecified atom stereocenters. The van der Waals surface area contributed by atoms with Gasteiger partial charge in [0.05, 0.1) is 13.2 Å². The quantitative estimate of drug-likeness (QED) is 0.629. The number of nitrogens with two attached hydrogens (primary N) is 1. The first-order valence-corrected chi connectivity index (χ1v) is 3.50. The molecule has 11 heavy (non-hydrogen) atoms. The summed E-state index contributed by atoms with van der Waals surface area (Å²) >= 11 is 0. The van der Waals surface area contributed by atoms with Gasteiger partial charge in [-0.05, 0) is 6.08 Å². The lowest BCUT2D eigenvalue weighted by Crippen LogP contribution is -2.37. The zero-order valence-electron chi connectivity index (χ0n) is 6.78. The lowest BCUT2D eigenvalue weighted by Gasteiger charge is -2.23. The molecule has 0 aromatic carbocycles. The van der Waals surface area contributed by atoms with E-state index in [0.717, 1.165) is 5.76 Å². The van der Waals surface area contributed by atoms with Crippen LogP contribution in [0.1, 0.15) is 0 Å². The van der Waals surface area contributed by atoms with Crippen molar-refractivity contribution < 1.29 is 9.47 Å². The highest BCUT2D eigenvalue weighted by Gasteiger charge is 2.22. The minimum atomic E-state index is -0.134. The monoisotopic (exact) mass is 155 g/mol. The molecule has 0 saturated carbocycles. The first-order valence-electron chi connectivity index (χ1n) is 3.50. The van der Waals surface area contributed by atoms with Gasteiger partial charge >= 0.3 is 0 Å². The molecule has 3 heteroatoms. The molecule has 0 fully saturated rings. The van der Waals surface area contributed by atoms with Crippen LogP contribution in [0.5, 0.6) is 0 Å². The van der Waals surface area contributed by atoms with Crippen LogP contribution in [0.25, 0.3) is 0 Å². The van der Waals surface area contributed by atoms with Crippen LogP contribution in [0.2, 0.25) is 0 Å². The Hall–Kier alpha value is -0.800. The molecule has 0 aliphatic heterocycles. The third-order valence-electron chi connectivity index (χ3n) is 1.71. The Morgan fingerprint density at radius 1 is 1.45 bits per heavy atom. The summed E-state index contributed by atoms with van der Waals surface area (Å²) in [5.41, 5.74) is 5.72. The molecule has 0 spiro atoms. The molecule has 1 rings (SSSR count). The van der Waals surface area contributed by atoms with Crippen molar-refractivity contribution in [3.05, 3.63) is 24.0 Å². The normalized spacial score (nSPS) is 29.9. The highest BCUT2D eigenvalue weighted by Crippen LogP contribution is 2.15. The molecule has 3 nitrogen and oxygen atoms in total. The predicted molar refractivity (Wildman–Crippen MR) is 43.0 cm³/mol.